The molecule has 1 aromatic carbocycles. The fraction of sp³-hybridized carbons (Fsp3) is 0.375. The minimum Gasteiger partial charge on any atom is -0.394 e. The Morgan fingerprint density at radius 3 is 2.52 bits per heavy atom. The van der Waals surface area contributed by atoms with Gasteiger partial charge < -0.3 is 25.4 Å². The zero-order valence-electron chi connectivity index (χ0n) is 13.1. The SMILES string of the molecule is NC1(C(=O)c2ccccc2)C=CN([C@@H]2O[C@H](CO)[C@@H](O)[C@@H]2O)C(=O)N1. The van der Waals surface area contributed by atoms with Gasteiger partial charge in [-0.2, -0.15) is 0 Å². The molecule has 3 rings (SSSR count). The first-order chi connectivity index (χ1) is 11.9. The van der Waals surface area contributed by atoms with Crippen molar-refractivity contribution in [1.82, 2.24) is 10.2 Å². The van der Waals surface area contributed by atoms with Crippen molar-refractivity contribution < 1.29 is 29.6 Å². The number of aliphatic hydroxyl groups is 3. The first kappa shape index (κ1) is 17.5. The molecule has 0 bridgehead atoms. The highest BCUT2D eigenvalue weighted by molar-refractivity contribution is 6.06. The van der Waals surface area contributed by atoms with Gasteiger partial charge in [0.05, 0.1) is 6.61 Å². The van der Waals surface area contributed by atoms with E-state index in [9.17, 15) is 19.8 Å². The molecule has 2 amide bonds. The Balaban J connectivity index is 1.81. The summed E-state index contributed by atoms with van der Waals surface area (Å²) < 4.78 is 5.30. The minimum absolute atomic E-state index is 0.330. The Labute approximate surface area is 143 Å². The molecule has 2 aliphatic rings. The number of urea groups is 1. The van der Waals surface area contributed by atoms with Gasteiger partial charge in [-0.1, -0.05) is 30.3 Å². The Hall–Kier alpha value is -2.30. The van der Waals surface area contributed by atoms with Crippen LogP contribution in [0.3, 0.4) is 0 Å². The van der Waals surface area contributed by atoms with Crippen LogP contribution in [-0.4, -0.2) is 68.8 Å². The molecule has 0 radical (unpaired) electrons. The molecule has 1 fully saturated rings. The average molecular weight is 349 g/mol. The van der Waals surface area contributed by atoms with Crippen molar-refractivity contribution in [1.29, 1.82) is 0 Å². The number of nitrogens with one attached hydrogen (secondary N) is 1. The van der Waals surface area contributed by atoms with Crippen LogP contribution < -0.4 is 11.1 Å². The fourth-order valence-corrected chi connectivity index (χ4v) is 2.82. The third-order valence-corrected chi connectivity index (χ3v) is 4.25. The number of hydrogen-bond acceptors (Lipinski definition) is 7. The van der Waals surface area contributed by atoms with Gasteiger partial charge in [-0.25, -0.2) is 4.79 Å². The van der Waals surface area contributed by atoms with E-state index in [-0.39, 0.29) is 0 Å². The Bertz CT molecular complexity index is 696. The van der Waals surface area contributed by atoms with Crippen molar-refractivity contribution in [3.63, 3.8) is 0 Å². The second kappa shape index (κ2) is 6.54. The van der Waals surface area contributed by atoms with Gasteiger partial charge in [-0.15, -0.1) is 0 Å². The van der Waals surface area contributed by atoms with Crippen LogP contribution in [0, 0.1) is 0 Å². The smallest absolute Gasteiger partial charge is 0.325 e. The molecule has 2 heterocycles. The first-order valence-electron chi connectivity index (χ1n) is 7.68. The van der Waals surface area contributed by atoms with E-state index in [1.165, 1.54) is 12.3 Å². The molecular weight excluding hydrogens is 330 g/mol. The van der Waals surface area contributed by atoms with E-state index < -0.39 is 48.6 Å². The number of ketones is 1. The van der Waals surface area contributed by atoms with Crippen LogP contribution in [0.4, 0.5) is 4.79 Å². The van der Waals surface area contributed by atoms with Gasteiger partial charge in [-0.05, 0) is 6.08 Å². The number of rotatable bonds is 4. The van der Waals surface area contributed by atoms with Crippen LogP contribution in [-0.2, 0) is 4.74 Å². The lowest BCUT2D eigenvalue weighted by Gasteiger charge is -2.36. The molecule has 25 heavy (non-hydrogen) atoms. The second-order valence-corrected chi connectivity index (χ2v) is 5.95. The van der Waals surface area contributed by atoms with Crippen molar-refractivity contribution in [2.24, 2.45) is 5.73 Å². The number of ether oxygens (including phenoxy) is 1. The molecule has 1 unspecified atom stereocenters. The highest BCUT2D eigenvalue weighted by Crippen LogP contribution is 2.26. The Morgan fingerprint density at radius 2 is 1.96 bits per heavy atom. The summed E-state index contributed by atoms with van der Waals surface area (Å²) >= 11 is 0. The van der Waals surface area contributed by atoms with Crippen LogP contribution in [0.25, 0.3) is 0 Å². The van der Waals surface area contributed by atoms with Gasteiger partial charge in [0.2, 0.25) is 5.78 Å². The quantitative estimate of drug-likeness (QED) is 0.416. The van der Waals surface area contributed by atoms with Gasteiger partial charge in [0, 0.05) is 11.8 Å². The molecule has 5 atom stereocenters. The number of nitrogens with two attached hydrogens (primary N) is 1. The van der Waals surface area contributed by atoms with Crippen molar-refractivity contribution in [3.8, 4) is 0 Å². The third kappa shape index (κ3) is 3.03. The minimum atomic E-state index is -1.74. The number of benzene rings is 1. The van der Waals surface area contributed by atoms with Crippen LogP contribution in [0.1, 0.15) is 10.4 Å². The van der Waals surface area contributed by atoms with Crippen molar-refractivity contribution in [3.05, 3.63) is 48.2 Å². The lowest BCUT2D eigenvalue weighted by molar-refractivity contribution is -0.0666. The summed E-state index contributed by atoms with van der Waals surface area (Å²) in [5.41, 5.74) is 4.60. The summed E-state index contributed by atoms with van der Waals surface area (Å²) in [7, 11) is 0. The molecule has 1 saturated heterocycles. The highest BCUT2D eigenvalue weighted by atomic mass is 16.6. The van der Waals surface area contributed by atoms with Crippen LogP contribution in [0.15, 0.2) is 42.6 Å². The van der Waals surface area contributed by atoms with Gasteiger partial charge in [0.25, 0.3) is 0 Å². The van der Waals surface area contributed by atoms with Gasteiger partial charge in [0.1, 0.15) is 18.3 Å². The van der Waals surface area contributed by atoms with Gasteiger partial charge >= 0.3 is 6.03 Å². The van der Waals surface area contributed by atoms with E-state index in [0.29, 0.717) is 5.56 Å². The van der Waals surface area contributed by atoms with E-state index >= 15 is 0 Å². The van der Waals surface area contributed by atoms with Crippen molar-refractivity contribution >= 4 is 11.8 Å². The second-order valence-electron chi connectivity index (χ2n) is 5.95. The third-order valence-electron chi connectivity index (χ3n) is 4.25. The number of carbonyl (C=O) groups excluding carboxylic acids is 2. The van der Waals surface area contributed by atoms with E-state index in [2.05, 4.69) is 5.32 Å². The standard InChI is InChI=1S/C16H19N3O6/c17-16(13(23)9-4-2-1-3-5-9)6-7-19(15(24)18-16)14-12(22)11(21)10(8-20)25-14/h1-7,10-12,14,20-22H,8,17H2,(H,18,24)/t10-,11-,12+,14-,16?/m1/s1. The molecule has 0 saturated carbocycles. The average Bonchev–Trinajstić information content (AvgIpc) is 2.90. The molecule has 0 aromatic heterocycles. The largest absolute Gasteiger partial charge is 0.394 e. The molecule has 0 spiro atoms. The number of aliphatic hydroxyl groups excluding tert-OH is 3. The zero-order valence-corrected chi connectivity index (χ0v) is 13.1. The molecule has 1 aromatic rings. The predicted octanol–water partition coefficient (Wildman–Crippen LogP) is -1.50. The van der Waals surface area contributed by atoms with E-state index in [0.717, 1.165) is 4.90 Å². The summed E-state index contributed by atoms with van der Waals surface area (Å²) in [5.74, 6) is -0.501. The summed E-state index contributed by atoms with van der Waals surface area (Å²) in [6, 6.07) is 7.49. The van der Waals surface area contributed by atoms with Crippen LogP contribution >= 0.6 is 0 Å². The Kier molecular flexibility index (Phi) is 4.58. The fourth-order valence-electron chi connectivity index (χ4n) is 2.82. The number of hydrogen-bond donors (Lipinski definition) is 5. The number of amides is 2. The highest BCUT2D eigenvalue weighted by Gasteiger charge is 2.48. The van der Waals surface area contributed by atoms with Crippen molar-refractivity contribution in [2.75, 3.05) is 6.61 Å². The van der Waals surface area contributed by atoms with Crippen LogP contribution in [0.2, 0.25) is 0 Å². The molecule has 0 aliphatic carbocycles. The number of carbonyl (C=O) groups is 2. The van der Waals surface area contributed by atoms with Gasteiger partial charge in [0.15, 0.2) is 11.9 Å². The van der Waals surface area contributed by atoms with Gasteiger partial charge in [-0.3, -0.25) is 15.4 Å². The maximum absolute atomic E-state index is 12.5. The molecule has 134 valence electrons. The molecule has 9 nitrogen and oxygen atoms in total. The summed E-state index contributed by atoms with van der Waals surface area (Å²) in [6.45, 7) is -0.513. The number of nitrogens with zero attached hydrogens (tertiary/aromatic N) is 1. The predicted molar refractivity (Wildman–Crippen MR) is 85.0 cm³/mol. The maximum Gasteiger partial charge on any atom is 0.325 e. The lowest BCUT2D eigenvalue weighted by atomic mass is 9.97. The Morgan fingerprint density at radius 1 is 1.28 bits per heavy atom. The topological polar surface area (TPSA) is 145 Å². The summed E-state index contributed by atoms with van der Waals surface area (Å²) in [6.07, 6.45) is -2.48. The van der Waals surface area contributed by atoms with E-state index in [1.807, 2.05) is 0 Å². The zero-order chi connectivity index (χ0) is 18.2. The van der Waals surface area contributed by atoms with E-state index in [1.54, 1.807) is 30.3 Å². The lowest BCUT2D eigenvalue weighted by Crippen LogP contribution is -2.66. The number of Topliss-reactive ketones (excluding diaryl/α,β-unsaturated/α-hetero) is 1. The molecular formula is C16H19N3O6. The summed E-state index contributed by atoms with van der Waals surface area (Å²) in [4.78, 5) is 25.9. The molecule has 9 heteroatoms. The maximum atomic E-state index is 12.5. The van der Waals surface area contributed by atoms with Crippen molar-refractivity contribution in [2.45, 2.75) is 30.2 Å². The summed E-state index contributed by atoms with van der Waals surface area (Å²) in [5, 5.41) is 31.3. The first-order valence-corrected chi connectivity index (χ1v) is 7.68. The normalized spacial score (nSPS) is 34.9. The molecule has 6 N–H and O–H groups in total. The molecule has 2 aliphatic heterocycles. The van der Waals surface area contributed by atoms with E-state index in [4.69, 9.17) is 15.6 Å². The van der Waals surface area contributed by atoms with Crippen LogP contribution in [0.5, 0.6) is 0 Å². The monoisotopic (exact) mass is 349 g/mol.